The van der Waals surface area contributed by atoms with Gasteiger partial charge in [-0.3, -0.25) is 4.79 Å². The Kier molecular flexibility index (Phi) is 4.63. The summed E-state index contributed by atoms with van der Waals surface area (Å²) >= 11 is 0. The van der Waals surface area contributed by atoms with Crippen molar-refractivity contribution in [2.75, 3.05) is 19.7 Å². The molecule has 0 aromatic heterocycles. The van der Waals surface area contributed by atoms with Gasteiger partial charge >= 0.3 is 12.5 Å². The van der Waals surface area contributed by atoms with Gasteiger partial charge in [0.25, 0.3) is 0 Å². The van der Waals surface area contributed by atoms with Gasteiger partial charge in [0.05, 0.1) is 5.54 Å². The summed E-state index contributed by atoms with van der Waals surface area (Å²) in [4.78, 5) is 25.7. The van der Waals surface area contributed by atoms with Crippen molar-refractivity contribution < 1.29 is 32.2 Å². The zero-order valence-corrected chi connectivity index (χ0v) is 15.1. The summed E-state index contributed by atoms with van der Waals surface area (Å²) in [6, 6.07) is 6.06. The first-order chi connectivity index (χ1) is 13.2. The van der Waals surface area contributed by atoms with E-state index in [2.05, 4.69) is 10.1 Å². The number of benzene rings is 1. The molecule has 1 aromatic carbocycles. The maximum absolute atomic E-state index is 12.7. The van der Waals surface area contributed by atoms with Crippen LogP contribution in [0, 0.1) is 5.92 Å². The molecule has 28 heavy (non-hydrogen) atoms. The summed E-state index contributed by atoms with van der Waals surface area (Å²) in [7, 11) is 0. The first kappa shape index (κ1) is 18.9. The quantitative estimate of drug-likeness (QED) is 0.849. The molecule has 1 aromatic rings. The maximum Gasteiger partial charge on any atom is 0.573 e. The smallest absolute Gasteiger partial charge is 0.447 e. The van der Waals surface area contributed by atoms with Crippen molar-refractivity contribution in [2.24, 2.45) is 5.92 Å². The minimum absolute atomic E-state index is 0.0828. The maximum atomic E-state index is 12.7. The average molecular weight is 398 g/mol. The topological polar surface area (TPSA) is 67.9 Å². The number of alkyl carbamates (subject to hydrolysis) is 1. The Labute approximate surface area is 160 Å². The second-order valence-electron chi connectivity index (χ2n) is 7.81. The highest BCUT2D eigenvalue weighted by Crippen LogP contribution is 2.42. The van der Waals surface area contributed by atoms with E-state index in [1.54, 1.807) is 12.1 Å². The number of carbonyl (C=O) groups excluding carboxylic acids is 2. The Hall–Kier alpha value is -2.45. The number of ether oxygens (including phenoxy) is 2. The number of likely N-dealkylation sites (tertiary alicyclic amines) is 1. The van der Waals surface area contributed by atoms with E-state index in [0.717, 1.165) is 5.56 Å². The van der Waals surface area contributed by atoms with Gasteiger partial charge in [-0.05, 0) is 49.3 Å². The van der Waals surface area contributed by atoms with Gasteiger partial charge in [-0.2, -0.15) is 0 Å². The van der Waals surface area contributed by atoms with Gasteiger partial charge in [-0.1, -0.05) is 12.1 Å². The molecule has 2 aliphatic heterocycles. The van der Waals surface area contributed by atoms with E-state index in [-0.39, 0.29) is 29.0 Å². The molecule has 2 saturated heterocycles. The normalized spacial score (nSPS) is 27.9. The Morgan fingerprint density at radius 2 is 1.96 bits per heavy atom. The van der Waals surface area contributed by atoms with Gasteiger partial charge in [-0.25, -0.2) is 4.79 Å². The third-order valence-electron chi connectivity index (χ3n) is 5.84. The highest BCUT2D eigenvalue weighted by atomic mass is 19.4. The fraction of sp³-hybridized carbons (Fsp3) is 0.579. The number of alkyl halides is 3. The number of piperidine rings is 1. The summed E-state index contributed by atoms with van der Waals surface area (Å²) in [6.07, 6.45) is -2.57. The molecule has 1 spiro atoms. The van der Waals surface area contributed by atoms with Gasteiger partial charge in [0.15, 0.2) is 0 Å². The van der Waals surface area contributed by atoms with Crippen LogP contribution in [0.15, 0.2) is 24.3 Å². The molecule has 6 nitrogen and oxygen atoms in total. The molecule has 3 fully saturated rings. The molecular weight excluding hydrogens is 377 g/mol. The van der Waals surface area contributed by atoms with Gasteiger partial charge in [0.2, 0.25) is 5.91 Å². The standard InChI is InChI=1S/C19H21F3N2O4/c20-19(21,22)28-15-3-1-2-13(8-15)12-4-6-24(7-5-12)16(25)14-9-18(10-14)11-27-17(26)23-18/h1-3,8,12,14H,4-7,9-11H2,(H,23,26)/t14-,18+. The van der Waals surface area contributed by atoms with E-state index in [0.29, 0.717) is 45.4 Å². The van der Waals surface area contributed by atoms with Crippen LogP contribution in [-0.2, 0) is 9.53 Å². The number of halogens is 3. The monoisotopic (exact) mass is 398 g/mol. The molecule has 4 rings (SSSR count). The van der Waals surface area contributed by atoms with Crippen LogP contribution in [-0.4, -0.2) is 48.5 Å². The van der Waals surface area contributed by atoms with Crippen LogP contribution < -0.4 is 10.1 Å². The molecule has 0 radical (unpaired) electrons. The second-order valence-corrected chi connectivity index (χ2v) is 7.81. The van der Waals surface area contributed by atoms with E-state index in [9.17, 15) is 22.8 Å². The van der Waals surface area contributed by atoms with E-state index < -0.39 is 12.5 Å². The Bertz CT molecular complexity index is 769. The van der Waals surface area contributed by atoms with Crippen molar-refractivity contribution in [3.8, 4) is 5.75 Å². The van der Waals surface area contributed by atoms with Crippen LogP contribution in [0.1, 0.15) is 37.2 Å². The molecule has 0 bridgehead atoms. The van der Waals surface area contributed by atoms with Crippen LogP contribution in [0.5, 0.6) is 5.75 Å². The van der Waals surface area contributed by atoms with E-state index in [1.807, 2.05) is 4.90 Å². The van der Waals surface area contributed by atoms with E-state index in [4.69, 9.17) is 4.74 Å². The Balaban J connectivity index is 1.30. The molecule has 2 amide bonds. The van der Waals surface area contributed by atoms with Gasteiger partial charge in [0, 0.05) is 19.0 Å². The molecule has 0 unspecified atom stereocenters. The fourth-order valence-corrected chi connectivity index (χ4v) is 4.43. The fourth-order valence-electron chi connectivity index (χ4n) is 4.43. The van der Waals surface area contributed by atoms with Crippen LogP contribution in [0.25, 0.3) is 0 Å². The molecule has 0 atom stereocenters. The third kappa shape index (κ3) is 3.88. The number of nitrogens with zero attached hydrogens (tertiary/aromatic N) is 1. The van der Waals surface area contributed by atoms with E-state index >= 15 is 0 Å². The highest BCUT2D eigenvalue weighted by Gasteiger charge is 2.53. The second kappa shape index (κ2) is 6.86. The number of hydrogen-bond acceptors (Lipinski definition) is 4. The zero-order valence-electron chi connectivity index (χ0n) is 15.1. The van der Waals surface area contributed by atoms with Crippen molar-refractivity contribution in [1.29, 1.82) is 0 Å². The van der Waals surface area contributed by atoms with E-state index in [1.165, 1.54) is 12.1 Å². The lowest BCUT2D eigenvalue weighted by molar-refractivity contribution is -0.274. The van der Waals surface area contributed by atoms with Crippen LogP contribution >= 0.6 is 0 Å². The lowest BCUT2D eigenvalue weighted by Gasteiger charge is -2.45. The minimum Gasteiger partial charge on any atom is -0.447 e. The van der Waals surface area contributed by atoms with Crippen LogP contribution in [0.2, 0.25) is 0 Å². The van der Waals surface area contributed by atoms with Crippen LogP contribution in [0.3, 0.4) is 0 Å². The number of amides is 2. The van der Waals surface area contributed by atoms with Crippen molar-refractivity contribution in [3.05, 3.63) is 29.8 Å². The molecule has 1 saturated carbocycles. The molecule has 1 N–H and O–H groups in total. The number of carbonyl (C=O) groups is 2. The Morgan fingerprint density at radius 3 is 2.57 bits per heavy atom. The van der Waals surface area contributed by atoms with Crippen molar-refractivity contribution in [2.45, 2.75) is 43.5 Å². The lowest BCUT2D eigenvalue weighted by atomic mass is 9.68. The predicted molar refractivity (Wildman–Crippen MR) is 91.6 cm³/mol. The molecular formula is C19H21F3N2O4. The van der Waals surface area contributed by atoms with Crippen molar-refractivity contribution >= 4 is 12.0 Å². The summed E-state index contributed by atoms with van der Waals surface area (Å²) < 4.78 is 46.1. The van der Waals surface area contributed by atoms with Gasteiger partial charge < -0.3 is 19.7 Å². The first-order valence-electron chi connectivity index (χ1n) is 9.32. The SMILES string of the molecule is O=C1N[C@]2(CO1)C[C@H](C(=O)N1CCC(c3cccc(OC(F)(F)F)c3)CC1)C2. The number of rotatable bonds is 3. The molecule has 152 valence electrons. The minimum atomic E-state index is -4.71. The van der Waals surface area contributed by atoms with Crippen molar-refractivity contribution in [3.63, 3.8) is 0 Å². The third-order valence-corrected chi connectivity index (χ3v) is 5.84. The molecule has 1 aliphatic carbocycles. The van der Waals surface area contributed by atoms with Crippen LogP contribution in [0.4, 0.5) is 18.0 Å². The highest BCUT2D eigenvalue weighted by molar-refractivity contribution is 5.81. The van der Waals surface area contributed by atoms with Gasteiger partial charge in [0.1, 0.15) is 12.4 Å². The molecule has 3 aliphatic rings. The molecule has 2 heterocycles. The summed E-state index contributed by atoms with van der Waals surface area (Å²) in [5.41, 5.74) is 0.413. The first-order valence-corrected chi connectivity index (χ1v) is 9.32. The lowest BCUT2D eigenvalue weighted by Crippen LogP contribution is -2.58. The van der Waals surface area contributed by atoms with Gasteiger partial charge in [-0.15, -0.1) is 13.2 Å². The predicted octanol–water partition coefficient (Wildman–Crippen LogP) is 3.18. The number of nitrogens with one attached hydrogen (secondary N) is 1. The summed E-state index contributed by atoms with van der Waals surface area (Å²) in [6.45, 7) is 1.45. The number of hydrogen-bond donors (Lipinski definition) is 1. The largest absolute Gasteiger partial charge is 0.573 e. The zero-order chi connectivity index (χ0) is 19.9. The summed E-state index contributed by atoms with van der Waals surface area (Å²) in [5, 5.41) is 2.78. The van der Waals surface area contributed by atoms with Crippen molar-refractivity contribution in [1.82, 2.24) is 10.2 Å². The summed E-state index contributed by atoms with van der Waals surface area (Å²) in [5.74, 6) is -0.151. The number of cyclic esters (lactones) is 1. The molecule has 9 heteroatoms. The average Bonchev–Trinajstić information content (AvgIpc) is 3.01. The Morgan fingerprint density at radius 1 is 1.25 bits per heavy atom.